The fraction of sp³-hybridized carbons (Fsp3) is 0.278. The van der Waals surface area contributed by atoms with Gasteiger partial charge in [0.1, 0.15) is 0 Å². The number of hydrogen-bond acceptors (Lipinski definition) is 4. The molecule has 0 fully saturated rings. The van der Waals surface area contributed by atoms with Crippen LogP contribution in [-0.2, 0) is 16.0 Å². The summed E-state index contributed by atoms with van der Waals surface area (Å²) in [5.74, 6) is -0.279. The van der Waals surface area contributed by atoms with Crippen LogP contribution in [0, 0.1) is 0 Å². The zero-order valence-electron chi connectivity index (χ0n) is 14.0. The second kappa shape index (κ2) is 9.58. The first-order valence-corrected chi connectivity index (χ1v) is 8.92. The molecule has 3 N–H and O–H groups in total. The van der Waals surface area contributed by atoms with E-state index < -0.39 is 0 Å². The summed E-state index contributed by atoms with van der Waals surface area (Å²) < 4.78 is 0. The highest BCUT2D eigenvalue weighted by Gasteiger charge is 2.07. The summed E-state index contributed by atoms with van der Waals surface area (Å²) in [4.78, 5) is 35.0. The van der Waals surface area contributed by atoms with Gasteiger partial charge in [0.05, 0.1) is 6.42 Å². The Hall–Kier alpha value is -2.67. The fourth-order valence-electron chi connectivity index (χ4n) is 2.15. The van der Waals surface area contributed by atoms with Crippen molar-refractivity contribution < 1.29 is 14.4 Å². The molecule has 0 aliphatic heterocycles. The Balaban J connectivity index is 1.68. The van der Waals surface area contributed by atoms with Crippen LogP contribution in [0.3, 0.4) is 0 Å². The fourth-order valence-corrected chi connectivity index (χ4v) is 2.79. The van der Waals surface area contributed by atoms with E-state index in [0.29, 0.717) is 37.1 Å². The number of hydrogen-bond donors (Lipinski definition) is 3. The number of nitrogens with one attached hydrogen (secondary N) is 3. The van der Waals surface area contributed by atoms with Crippen LogP contribution in [0.15, 0.2) is 41.1 Å². The lowest BCUT2D eigenvalue weighted by Gasteiger charge is -2.07. The van der Waals surface area contributed by atoms with Gasteiger partial charge in [-0.2, -0.15) is 11.3 Å². The van der Waals surface area contributed by atoms with E-state index in [9.17, 15) is 14.4 Å². The molecule has 0 saturated carbocycles. The van der Waals surface area contributed by atoms with Crippen molar-refractivity contribution in [3.05, 3.63) is 52.2 Å². The smallest absolute Gasteiger partial charge is 0.252 e. The van der Waals surface area contributed by atoms with Crippen molar-refractivity contribution in [2.24, 2.45) is 0 Å². The van der Waals surface area contributed by atoms with Crippen LogP contribution in [0.1, 0.15) is 28.8 Å². The van der Waals surface area contributed by atoms with E-state index in [-0.39, 0.29) is 17.7 Å². The van der Waals surface area contributed by atoms with Gasteiger partial charge in [-0.15, -0.1) is 0 Å². The quantitative estimate of drug-likeness (QED) is 0.632. The van der Waals surface area contributed by atoms with Crippen LogP contribution in [0.5, 0.6) is 0 Å². The first-order valence-electron chi connectivity index (χ1n) is 7.98. The molecule has 0 bridgehead atoms. The minimum atomic E-state index is -0.117. The van der Waals surface area contributed by atoms with Crippen LogP contribution in [0.4, 0.5) is 5.69 Å². The third-order valence-electron chi connectivity index (χ3n) is 3.53. The van der Waals surface area contributed by atoms with Gasteiger partial charge >= 0.3 is 0 Å². The van der Waals surface area contributed by atoms with Gasteiger partial charge in [-0.05, 0) is 35.6 Å². The highest BCUT2D eigenvalue weighted by Crippen LogP contribution is 2.11. The van der Waals surface area contributed by atoms with E-state index in [2.05, 4.69) is 16.0 Å². The molecule has 1 aromatic carbocycles. The predicted molar refractivity (Wildman–Crippen MR) is 98.7 cm³/mol. The van der Waals surface area contributed by atoms with Gasteiger partial charge in [-0.1, -0.05) is 12.1 Å². The van der Waals surface area contributed by atoms with E-state index in [4.69, 9.17) is 0 Å². The van der Waals surface area contributed by atoms with Crippen molar-refractivity contribution in [3.63, 3.8) is 0 Å². The number of thiophene rings is 1. The molecule has 0 saturated heterocycles. The Morgan fingerprint density at radius 1 is 1.04 bits per heavy atom. The lowest BCUT2D eigenvalue weighted by molar-refractivity contribution is -0.120. The van der Waals surface area contributed by atoms with Gasteiger partial charge in [0.25, 0.3) is 5.91 Å². The lowest BCUT2D eigenvalue weighted by atomic mass is 10.1. The van der Waals surface area contributed by atoms with Crippen molar-refractivity contribution >= 4 is 34.7 Å². The predicted octanol–water partition coefficient (Wildman–Crippen LogP) is 2.19. The van der Waals surface area contributed by atoms with Gasteiger partial charge in [-0.25, -0.2) is 0 Å². The molecule has 1 aromatic heterocycles. The molecule has 0 spiro atoms. The lowest BCUT2D eigenvalue weighted by Crippen LogP contribution is -2.25. The summed E-state index contributed by atoms with van der Waals surface area (Å²) in [6, 6.07) is 8.93. The summed E-state index contributed by atoms with van der Waals surface area (Å²) in [6.07, 6.45) is 1.20. The Kier molecular flexibility index (Phi) is 7.16. The largest absolute Gasteiger partial charge is 0.359 e. The van der Waals surface area contributed by atoms with Crippen molar-refractivity contribution in [3.8, 4) is 0 Å². The van der Waals surface area contributed by atoms with Crippen LogP contribution >= 0.6 is 11.3 Å². The molecule has 0 radical (unpaired) electrons. The number of carbonyl (C=O) groups excluding carboxylic acids is 3. The molecule has 1 heterocycles. The molecule has 0 unspecified atom stereocenters. The van der Waals surface area contributed by atoms with Gasteiger partial charge in [0, 0.05) is 36.6 Å². The maximum atomic E-state index is 11.9. The second-order valence-electron chi connectivity index (χ2n) is 5.47. The van der Waals surface area contributed by atoms with E-state index in [1.54, 1.807) is 30.6 Å². The van der Waals surface area contributed by atoms with Crippen molar-refractivity contribution in [1.29, 1.82) is 0 Å². The van der Waals surface area contributed by atoms with Crippen LogP contribution in [-0.4, -0.2) is 31.3 Å². The third-order valence-corrected chi connectivity index (χ3v) is 4.21. The normalized spacial score (nSPS) is 10.1. The van der Waals surface area contributed by atoms with Crippen molar-refractivity contribution in [2.75, 3.05) is 18.9 Å². The minimum absolute atomic E-state index is 0.0544. The number of benzene rings is 1. The minimum Gasteiger partial charge on any atom is -0.359 e. The zero-order chi connectivity index (χ0) is 18.1. The van der Waals surface area contributed by atoms with Gasteiger partial charge in [-0.3, -0.25) is 14.4 Å². The summed E-state index contributed by atoms with van der Waals surface area (Å²) >= 11 is 1.47. The molecule has 2 rings (SSSR count). The molecular formula is C18H21N3O3S. The highest BCUT2D eigenvalue weighted by molar-refractivity contribution is 7.08. The molecule has 6 nitrogen and oxygen atoms in total. The summed E-state index contributed by atoms with van der Waals surface area (Å²) in [6.45, 7) is 0.452. The number of likely N-dealkylation sites (N-methyl/N-ethyl adjacent to an activating group) is 1. The number of anilines is 1. The van der Waals surface area contributed by atoms with Gasteiger partial charge in [0.2, 0.25) is 11.8 Å². The van der Waals surface area contributed by atoms with E-state index in [1.165, 1.54) is 11.3 Å². The zero-order valence-corrected chi connectivity index (χ0v) is 14.8. The maximum Gasteiger partial charge on any atom is 0.252 e. The number of amides is 3. The number of carbonyl (C=O) groups is 3. The molecule has 25 heavy (non-hydrogen) atoms. The summed E-state index contributed by atoms with van der Waals surface area (Å²) in [7, 11) is 1.60. The highest BCUT2D eigenvalue weighted by atomic mass is 32.1. The number of rotatable bonds is 8. The molecular weight excluding hydrogens is 338 g/mol. The Bertz CT molecular complexity index is 712. The summed E-state index contributed by atoms with van der Waals surface area (Å²) in [5, 5.41) is 11.8. The molecule has 132 valence electrons. The SMILES string of the molecule is CNC(=O)Cc1ccc(NC(=O)CCCNC(=O)c2ccsc2)cc1. The first kappa shape index (κ1) is 18.7. The molecule has 0 aliphatic carbocycles. The van der Waals surface area contributed by atoms with E-state index >= 15 is 0 Å². The molecule has 7 heteroatoms. The van der Waals surface area contributed by atoms with Gasteiger partial charge < -0.3 is 16.0 Å². The standard InChI is InChI=1S/C18H21N3O3S/c1-19-17(23)11-13-4-6-15(7-5-13)21-16(22)3-2-9-20-18(24)14-8-10-25-12-14/h4-8,10,12H,2-3,9,11H2,1H3,(H,19,23)(H,20,24)(H,21,22). The molecule has 0 aliphatic rings. The Morgan fingerprint density at radius 3 is 2.44 bits per heavy atom. The van der Waals surface area contributed by atoms with Crippen molar-refractivity contribution in [1.82, 2.24) is 10.6 Å². The van der Waals surface area contributed by atoms with Crippen molar-refractivity contribution in [2.45, 2.75) is 19.3 Å². The monoisotopic (exact) mass is 359 g/mol. The van der Waals surface area contributed by atoms with Gasteiger partial charge in [0.15, 0.2) is 0 Å². The topological polar surface area (TPSA) is 87.3 Å². The second-order valence-corrected chi connectivity index (χ2v) is 6.25. The van der Waals surface area contributed by atoms with Crippen LogP contribution in [0.2, 0.25) is 0 Å². The average molecular weight is 359 g/mol. The molecule has 0 atom stereocenters. The molecule has 3 amide bonds. The molecule has 2 aromatic rings. The maximum absolute atomic E-state index is 11.9. The first-order chi connectivity index (χ1) is 12.1. The Labute approximate surface area is 150 Å². The summed E-state index contributed by atoms with van der Waals surface area (Å²) in [5.41, 5.74) is 2.22. The Morgan fingerprint density at radius 2 is 1.80 bits per heavy atom. The van der Waals surface area contributed by atoms with Crippen LogP contribution in [0.25, 0.3) is 0 Å². The third kappa shape index (κ3) is 6.39. The van der Waals surface area contributed by atoms with Crippen LogP contribution < -0.4 is 16.0 Å². The van der Waals surface area contributed by atoms with E-state index in [1.807, 2.05) is 17.5 Å². The van der Waals surface area contributed by atoms with E-state index in [0.717, 1.165) is 5.56 Å². The average Bonchev–Trinajstić information content (AvgIpc) is 3.15.